The topological polar surface area (TPSA) is 37.3 Å². The minimum Gasteiger partial charge on any atom is -0.481 e. The Hall–Kier alpha value is -0.790. The quantitative estimate of drug-likeness (QED) is 0.333. The molecule has 0 radical (unpaired) electrons. The van der Waals surface area contributed by atoms with Crippen LogP contribution in [0.5, 0.6) is 0 Å². The van der Waals surface area contributed by atoms with Gasteiger partial charge in [0.25, 0.3) is 0 Å². The zero-order valence-corrected chi connectivity index (χ0v) is 15.0. The fourth-order valence-corrected chi connectivity index (χ4v) is 2.77. The lowest BCUT2D eigenvalue weighted by atomic mass is 9.96. The fourth-order valence-electron chi connectivity index (χ4n) is 2.77. The van der Waals surface area contributed by atoms with Gasteiger partial charge in [-0.1, -0.05) is 70.4 Å². The maximum absolute atomic E-state index is 10.1. The van der Waals surface area contributed by atoms with Gasteiger partial charge in [-0.3, -0.25) is 4.79 Å². The summed E-state index contributed by atoms with van der Waals surface area (Å²) in [5.74, 6) is -0.663. The van der Waals surface area contributed by atoms with Crippen LogP contribution in [0.4, 0.5) is 0 Å². The van der Waals surface area contributed by atoms with Gasteiger partial charge in [-0.05, 0) is 44.9 Å². The van der Waals surface area contributed by atoms with Gasteiger partial charge in [0.05, 0.1) is 0 Å². The zero-order valence-electron chi connectivity index (χ0n) is 15.0. The van der Waals surface area contributed by atoms with Gasteiger partial charge >= 0.3 is 5.97 Å². The molecule has 0 atom stereocenters. The summed E-state index contributed by atoms with van der Waals surface area (Å²) in [5.41, 5.74) is 1.73. The molecule has 0 aromatic rings. The standard InChI is InChI=1S/C10H20O2.C10H18/c1-2-3-4-5-6-7-8-9-10(11)12;1-2-3-7-10-8-5-4-6-9-10/h2-9H2,1H3,(H,11,12);8H,2-7,9H2,1H3. The smallest absolute Gasteiger partial charge is 0.303 e. The lowest BCUT2D eigenvalue weighted by Crippen LogP contribution is -1.93. The Bertz CT molecular complexity index is 281. The van der Waals surface area contributed by atoms with Crippen molar-refractivity contribution in [3.8, 4) is 0 Å². The highest BCUT2D eigenvalue weighted by molar-refractivity contribution is 5.66. The number of carbonyl (C=O) groups is 1. The first-order chi connectivity index (χ1) is 10.7. The highest BCUT2D eigenvalue weighted by Gasteiger charge is 2.01. The average Bonchev–Trinajstić information content (AvgIpc) is 2.53. The maximum atomic E-state index is 10.1. The van der Waals surface area contributed by atoms with Gasteiger partial charge < -0.3 is 5.11 Å². The van der Waals surface area contributed by atoms with Crippen LogP contribution in [0.1, 0.15) is 110 Å². The third kappa shape index (κ3) is 15.6. The van der Waals surface area contributed by atoms with E-state index in [4.69, 9.17) is 5.11 Å². The molecule has 2 nitrogen and oxygen atoms in total. The van der Waals surface area contributed by atoms with E-state index in [0.29, 0.717) is 6.42 Å². The fraction of sp³-hybridized carbons (Fsp3) is 0.850. The molecule has 0 fully saturated rings. The molecule has 22 heavy (non-hydrogen) atoms. The van der Waals surface area contributed by atoms with Crippen molar-refractivity contribution in [2.24, 2.45) is 0 Å². The molecule has 130 valence electrons. The van der Waals surface area contributed by atoms with E-state index in [1.807, 2.05) is 0 Å². The van der Waals surface area contributed by atoms with E-state index in [9.17, 15) is 4.79 Å². The molecule has 0 aliphatic heterocycles. The monoisotopic (exact) mass is 310 g/mol. The molecule has 0 heterocycles. The number of carboxylic acid groups (broad SMARTS) is 1. The molecule has 0 bridgehead atoms. The number of unbranched alkanes of at least 4 members (excludes halogenated alkanes) is 7. The van der Waals surface area contributed by atoms with Gasteiger partial charge in [-0.25, -0.2) is 0 Å². The van der Waals surface area contributed by atoms with E-state index in [-0.39, 0.29) is 0 Å². The molecule has 1 rings (SSSR count). The number of carboxylic acids is 1. The largest absolute Gasteiger partial charge is 0.481 e. The van der Waals surface area contributed by atoms with Crippen molar-refractivity contribution in [1.29, 1.82) is 0 Å². The Balaban J connectivity index is 0.000000406. The third-order valence-electron chi connectivity index (χ3n) is 4.23. The summed E-state index contributed by atoms with van der Waals surface area (Å²) in [7, 11) is 0. The molecule has 0 unspecified atom stereocenters. The molecule has 1 N–H and O–H groups in total. The second-order valence-corrected chi connectivity index (χ2v) is 6.48. The molecule has 2 heteroatoms. The molecule has 1 aliphatic carbocycles. The number of hydrogen-bond acceptors (Lipinski definition) is 1. The Kier molecular flexibility index (Phi) is 16.0. The second kappa shape index (κ2) is 16.6. The third-order valence-corrected chi connectivity index (χ3v) is 4.23. The molecular weight excluding hydrogens is 272 g/mol. The van der Waals surface area contributed by atoms with Gasteiger partial charge in [-0.15, -0.1) is 0 Å². The first-order valence-electron chi connectivity index (χ1n) is 9.60. The minimum absolute atomic E-state index is 0.341. The normalized spacial score (nSPS) is 14.0. The maximum Gasteiger partial charge on any atom is 0.303 e. The van der Waals surface area contributed by atoms with Gasteiger partial charge in [0.15, 0.2) is 0 Å². The molecule has 0 spiro atoms. The highest BCUT2D eigenvalue weighted by Crippen LogP contribution is 2.21. The summed E-state index contributed by atoms with van der Waals surface area (Å²) in [5, 5.41) is 8.35. The summed E-state index contributed by atoms with van der Waals surface area (Å²) in [6.07, 6.45) is 20.8. The first-order valence-corrected chi connectivity index (χ1v) is 9.60. The summed E-state index contributed by atoms with van der Waals surface area (Å²) in [6, 6.07) is 0. The van der Waals surface area contributed by atoms with Crippen LogP contribution in [0.25, 0.3) is 0 Å². The second-order valence-electron chi connectivity index (χ2n) is 6.48. The number of hydrogen-bond donors (Lipinski definition) is 1. The van der Waals surface area contributed by atoms with Crippen molar-refractivity contribution in [2.45, 2.75) is 110 Å². The van der Waals surface area contributed by atoms with E-state index < -0.39 is 5.97 Å². The molecule has 0 amide bonds. The predicted molar refractivity (Wildman–Crippen MR) is 96.3 cm³/mol. The van der Waals surface area contributed by atoms with E-state index in [1.165, 1.54) is 77.0 Å². The van der Waals surface area contributed by atoms with Gasteiger partial charge in [0.1, 0.15) is 0 Å². The average molecular weight is 311 g/mol. The summed E-state index contributed by atoms with van der Waals surface area (Å²) in [6.45, 7) is 4.47. The van der Waals surface area contributed by atoms with Crippen LogP contribution in [0, 0.1) is 0 Å². The zero-order chi connectivity index (χ0) is 16.5. The SMILES string of the molecule is CCCCC1=CCCCC1.CCCCCCCCCC(=O)O. The molecule has 0 saturated carbocycles. The van der Waals surface area contributed by atoms with E-state index in [1.54, 1.807) is 5.57 Å². The lowest BCUT2D eigenvalue weighted by molar-refractivity contribution is -0.137. The minimum atomic E-state index is -0.663. The molecule has 0 aromatic carbocycles. The van der Waals surface area contributed by atoms with Crippen molar-refractivity contribution < 1.29 is 9.90 Å². The van der Waals surface area contributed by atoms with Crippen LogP contribution in [0.15, 0.2) is 11.6 Å². The van der Waals surface area contributed by atoms with Crippen molar-refractivity contribution >= 4 is 5.97 Å². The van der Waals surface area contributed by atoms with E-state index >= 15 is 0 Å². The van der Waals surface area contributed by atoms with E-state index in [0.717, 1.165) is 12.8 Å². The van der Waals surface area contributed by atoms with Crippen molar-refractivity contribution in [3.05, 3.63) is 11.6 Å². The van der Waals surface area contributed by atoms with Crippen LogP contribution >= 0.6 is 0 Å². The van der Waals surface area contributed by atoms with Crippen LogP contribution in [0.3, 0.4) is 0 Å². The molecule has 0 aromatic heterocycles. The number of allylic oxidation sites excluding steroid dienone is 2. The predicted octanol–water partition coefficient (Wildman–Crippen LogP) is 6.89. The van der Waals surface area contributed by atoms with Crippen LogP contribution in [0.2, 0.25) is 0 Å². The van der Waals surface area contributed by atoms with E-state index in [2.05, 4.69) is 19.9 Å². The molecule has 1 aliphatic rings. The Labute approximate surface area is 138 Å². The molecule has 0 saturated heterocycles. The first kappa shape index (κ1) is 21.2. The van der Waals surface area contributed by atoms with Gasteiger partial charge in [0, 0.05) is 6.42 Å². The van der Waals surface area contributed by atoms with Crippen molar-refractivity contribution in [1.82, 2.24) is 0 Å². The highest BCUT2D eigenvalue weighted by atomic mass is 16.4. The Morgan fingerprint density at radius 3 is 2.14 bits per heavy atom. The van der Waals surface area contributed by atoms with Gasteiger partial charge in [-0.2, -0.15) is 0 Å². The number of aliphatic carboxylic acids is 1. The Morgan fingerprint density at radius 2 is 1.59 bits per heavy atom. The van der Waals surface area contributed by atoms with Crippen molar-refractivity contribution in [3.63, 3.8) is 0 Å². The van der Waals surface area contributed by atoms with Crippen LogP contribution in [-0.2, 0) is 4.79 Å². The van der Waals surface area contributed by atoms with Crippen LogP contribution < -0.4 is 0 Å². The molecular formula is C20H38O2. The Morgan fingerprint density at radius 1 is 0.955 bits per heavy atom. The summed E-state index contributed by atoms with van der Waals surface area (Å²) in [4.78, 5) is 10.1. The summed E-state index contributed by atoms with van der Waals surface area (Å²) >= 11 is 0. The van der Waals surface area contributed by atoms with Crippen molar-refractivity contribution in [2.75, 3.05) is 0 Å². The summed E-state index contributed by atoms with van der Waals surface area (Å²) < 4.78 is 0. The van der Waals surface area contributed by atoms with Gasteiger partial charge in [0.2, 0.25) is 0 Å². The van der Waals surface area contributed by atoms with Crippen LogP contribution in [-0.4, -0.2) is 11.1 Å². The lowest BCUT2D eigenvalue weighted by Gasteiger charge is -2.11. The number of rotatable bonds is 11.